The Morgan fingerprint density at radius 3 is 2.78 bits per heavy atom. The molecule has 0 unspecified atom stereocenters. The molecule has 0 saturated heterocycles. The van der Waals surface area contributed by atoms with Crippen LogP contribution in [0.4, 0.5) is 10.1 Å². The Morgan fingerprint density at radius 1 is 1.44 bits per heavy atom. The summed E-state index contributed by atoms with van der Waals surface area (Å²) in [6.07, 6.45) is 1.35. The van der Waals surface area contributed by atoms with Gasteiger partial charge in [-0.2, -0.15) is 0 Å². The van der Waals surface area contributed by atoms with Gasteiger partial charge in [0.05, 0.1) is 17.4 Å². The first-order valence-corrected chi connectivity index (χ1v) is 7.07. The fourth-order valence-corrected chi connectivity index (χ4v) is 2.84. The van der Waals surface area contributed by atoms with Crippen molar-refractivity contribution in [1.82, 2.24) is 0 Å². The lowest BCUT2D eigenvalue weighted by Gasteiger charge is -2.07. The van der Waals surface area contributed by atoms with Crippen molar-refractivity contribution in [2.75, 3.05) is 11.3 Å². The predicted molar refractivity (Wildman–Crippen MR) is 67.9 cm³/mol. The number of hydrogen-bond donors (Lipinski definition) is 2. The lowest BCUT2D eigenvalue weighted by atomic mass is 10.2. The second kappa shape index (κ2) is 4.96. The molecule has 96 valence electrons. The average molecular weight is 268 g/mol. The van der Waals surface area contributed by atoms with Gasteiger partial charge in [0.2, 0.25) is 10.0 Å². The first kappa shape index (κ1) is 12.9. The molecule has 0 atom stereocenters. The molecule has 0 aromatic heterocycles. The lowest BCUT2D eigenvalue weighted by molar-refractivity contribution is 0.599. The maximum absolute atomic E-state index is 13.4. The molecule has 3 N–H and O–H groups in total. The molecule has 0 spiro atoms. The van der Waals surface area contributed by atoms with Gasteiger partial charge in [-0.05, 0) is 31.0 Å². The normalized spacial score (nSPS) is 14.8. The van der Waals surface area contributed by atoms with Crippen LogP contribution in [0.15, 0.2) is 18.2 Å². The molecule has 1 aliphatic carbocycles. The van der Waals surface area contributed by atoms with Gasteiger partial charge < -0.3 is 5.73 Å². The molecule has 1 saturated carbocycles. The van der Waals surface area contributed by atoms with E-state index in [1.165, 1.54) is 18.2 Å². The molecule has 1 aromatic carbocycles. The molecule has 1 aromatic rings. The van der Waals surface area contributed by atoms with Gasteiger partial charge in [0.25, 0.3) is 0 Å². The molecule has 4 nitrogen and oxygen atoms in total. The number of rotatable bonds is 3. The van der Waals surface area contributed by atoms with Crippen molar-refractivity contribution in [1.29, 1.82) is 0 Å². The molecule has 0 heterocycles. The molecule has 0 radical (unpaired) electrons. The van der Waals surface area contributed by atoms with E-state index in [0.29, 0.717) is 18.5 Å². The van der Waals surface area contributed by atoms with Crippen LogP contribution >= 0.6 is 0 Å². The molecular formula is C12H13FN2O2S. The van der Waals surface area contributed by atoms with Gasteiger partial charge >= 0.3 is 0 Å². The van der Waals surface area contributed by atoms with Crippen molar-refractivity contribution in [2.24, 2.45) is 5.73 Å². The Labute approximate surface area is 105 Å². The van der Waals surface area contributed by atoms with Gasteiger partial charge in [0, 0.05) is 5.69 Å². The van der Waals surface area contributed by atoms with Gasteiger partial charge in [-0.3, -0.25) is 4.72 Å². The van der Waals surface area contributed by atoms with E-state index in [1.807, 2.05) is 0 Å². The van der Waals surface area contributed by atoms with Gasteiger partial charge in [-0.15, -0.1) is 0 Å². The van der Waals surface area contributed by atoms with Crippen LogP contribution in [0.3, 0.4) is 0 Å². The van der Waals surface area contributed by atoms with E-state index >= 15 is 0 Å². The van der Waals surface area contributed by atoms with Crippen molar-refractivity contribution in [3.63, 3.8) is 0 Å². The number of benzene rings is 1. The van der Waals surface area contributed by atoms with Crippen LogP contribution in [0.5, 0.6) is 0 Å². The quantitative estimate of drug-likeness (QED) is 0.805. The number of anilines is 1. The summed E-state index contributed by atoms with van der Waals surface area (Å²) >= 11 is 0. The summed E-state index contributed by atoms with van der Waals surface area (Å²) in [6, 6.07) is 3.94. The number of hydrogen-bond acceptors (Lipinski definition) is 3. The van der Waals surface area contributed by atoms with E-state index in [9.17, 15) is 12.8 Å². The van der Waals surface area contributed by atoms with Crippen molar-refractivity contribution >= 4 is 15.7 Å². The summed E-state index contributed by atoms with van der Waals surface area (Å²) in [6.45, 7) is 0.122. The second-order valence-corrected chi connectivity index (χ2v) is 6.01. The van der Waals surface area contributed by atoms with Crippen molar-refractivity contribution in [2.45, 2.75) is 18.1 Å². The van der Waals surface area contributed by atoms with Crippen LogP contribution in [-0.2, 0) is 10.0 Å². The Kier molecular flexibility index (Phi) is 3.55. The second-order valence-electron chi connectivity index (χ2n) is 4.05. The summed E-state index contributed by atoms with van der Waals surface area (Å²) < 4.78 is 39.2. The zero-order valence-electron chi connectivity index (χ0n) is 9.61. The first-order valence-electron chi connectivity index (χ1n) is 5.53. The zero-order chi connectivity index (χ0) is 13.2. The smallest absolute Gasteiger partial charge is 0.235 e. The van der Waals surface area contributed by atoms with Gasteiger partial charge in [0.15, 0.2) is 0 Å². The molecule has 6 heteroatoms. The first-order chi connectivity index (χ1) is 8.53. The molecule has 0 bridgehead atoms. The molecule has 1 fully saturated rings. The fraction of sp³-hybridized carbons (Fsp3) is 0.333. The minimum absolute atomic E-state index is 0.122. The summed E-state index contributed by atoms with van der Waals surface area (Å²) in [4.78, 5) is 0. The van der Waals surface area contributed by atoms with Crippen LogP contribution in [0.25, 0.3) is 0 Å². The van der Waals surface area contributed by atoms with Crippen molar-refractivity contribution in [3.8, 4) is 11.8 Å². The third-order valence-electron chi connectivity index (χ3n) is 2.51. The summed E-state index contributed by atoms with van der Waals surface area (Å²) in [7, 11) is -3.34. The van der Waals surface area contributed by atoms with Crippen LogP contribution in [-0.4, -0.2) is 20.2 Å². The number of halogens is 1. The van der Waals surface area contributed by atoms with Crippen molar-refractivity contribution < 1.29 is 12.8 Å². The minimum atomic E-state index is -3.34. The molecule has 1 aliphatic rings. The number of sulfonamides is 1. The molecular weight excluding hydrogens is 255 g/mol. The highest BCUT2D eigenvalue weighted by Crippen LogP contribution is 2.29. The topological polar surface area (TPSA) is 72.2 Å². The Balaban J connectivity index is 2.24. The fourth-order valence-electron chi connectivity index (χ4n) is 1.46. The van der Waals surface area contributed by atoms with Crippen LogP contribution in [0.1, 0.15) is 18.4 Å². The largest absolute Gasteiger partial charge is 0.320 e. The van der Waals surface area contributed by atoms with Gasteiger partial charge in [-0.25, -0.2) is 12.8 Å². The van der Waals surface area contributed by atoms with E-state index < -0.39 is 15.8 Å². The molecule has 0 aliphatic heterocycles. The van der Waals surface area contributed by atoms with Crippen molar-refractivity contribution in [3.05, 3.63) is 29.6 Å². The summed E-state index contributed by atoms with van der Waals surface area (Å²) in [5, 5.41) is -0.318. The molecule has 0 amide bonds. The Bertz CT molecular complexity index is 613. The molecule has 2 rings (SSSR count). The average Bonchev–Trinajstić information content (AvgIpc) is 3.13. The maximum Gasteiger partial charge on any atom is 0.235 e. The number of nitrogens with one attached hydrogen (secondary N) is 1. The number of nitrogens with two attached hydrogens (primary N) is 1. The Hall–Kier alpha value is -1.58. The van der Waals surface area contributed by atoms with E-state index in [2.05, 4.69) is 16.6 Å². The van der Waals surface area contributed by atoms with Gasteiger partial charge in [0.1, 0.15) is 5.82 Å². The third-order valence-corrected chi connectivity index (χ3v) is 4.38. The highest BCUT2D eigenvalue weighted by Gasteiger charge is 2.35. The van der Waals surface area contributed by atoms with E-state index in [4.69, 9.17) is 5.73 Å². The summed E-state index contributed by atoms with van der Waals surface area (Å²) in [5.74, 6) is 4.59. The van der Waals surface area contributed by atoms with Gasteiger partial charge in [-0.1, -0.05) is 11.8 Å². The highest BCUT2D eigenvalue weighted by molar-refractivity contribution is 7.93. The molecule has 18 heavy (non-hydrogen) atoms. The van der Waals surface area contributed by atoms with E-state index in [-0.39, 0.29) is 17.4 Å². The Morgan fingerprint density at radius 2 is 2.17 bits per heavy atom. The van der Waals surface area contributed by atoms with E-state index in [1.54, 1.807) is 0 Å². The minimum Gasteiger partial charge on any atom is -0.320 e. The maximum atomic E-state index is 13.4. The summed E-state index contributed by atoms with van der Waals surface area (Å²) in [5.41, 5.74) is 5.67. The van der Waals surface area contributed by atoms with Crippen LogP contribution < -0.4 is 10.5 Å². The monoisotopic (exact) mass is 268 g/mol. The highest BCUT2D eigenvalue weighted by atomic mass is 32.2. The third kappa shape index (κ3) is 3.00. The van der Waals surface area contributed by atoms with E-state index in [0.717, 1.165) is 0 Å². The standard InChI is InChI=1S/C12H13FN2O2S/c13-12-6-3-10(8-9(12)2-1-7-14)15-18(16,17)11-4-5-11/h3,6,8,11,15H,4-5,7,14H2. The SMILES string of the molecule is NCC#Cc1cc(NS(=O)(=O)C2CC2)ccc1F. The van der Waals surface area contributed by atoms with Crippen LogP contribution in [0, 0.1) is 17.7 Å². The van der Waals surface area contributed by atoms with Crippen LogP contribution in [0.2, 0.25) is 0 Å². The zero-order valence-corrected chi connectivity index (χ0v) is 10.4. The predicted octanol–water partition coefficient (Wildman–Crippen LogP) is 1.04. The lowest BCUT2D eigenvalue weighted by Crippen LogP contribution is -2.17.